The predicted octanol–water partition coefficient (Wildman–Crippen LogP) is 3.86. The molecule has 5 nitrogen and oxygen atoms in total. The SMILES string of the molecule is COC(=O)C1Cc2ccccc2CN1CC(=O)NC(c1ccc(C)cc1)c1cccs1. The van der Waals surface area contributed by atoms with Gasteiger partial charge >= 0.3 is 5.97 Å². The van der Waals surface area contributed by atoms with Crippen LogP contribution in [0.25, 0.3) is 0 Å². The molecule has 2 heterocycles. The lowest BCUT2D eigenvalue weighted by Gasteiger charge is -2.35. The maximum absolute atomic E-state index is 13.1. The van der Waals surface area contributed by atoms with E-state index in [9.17, 15) is 9.59 Å². The van der Waals surface area contributed by atoms with Gasteiger partial charge < -0.3 is 10.1 Å². The zero-order valence-corrected chi connectivity index (χ0v) is 18.5. The van der Waals surface area contributed by atoms with Crippen LogP contribution in [0.3, 0.4) is 0 Å². The van der Waals surface area contributed by atoms with Gasteiger partial charge in [0, 0.05) is 11.4 Å². The summed E-state index contributed by atoms with van der Waals surface area (Å²) in [5, 5.41) is 5.19. The molecule has 4 rings (SSSR count). The number of carbonyl (C=O) groups excluding carboxylic acids is 2. The van der Waals surface area contributed by atoms with Crippen LogP contribution in [-0.2, 0) is 27.3 Å². The summed E-state index contributed by atoms with van der Waals surface area (Å²) < 4.78 is 5.03. The average Bonchev–Trinajstić information content (AvgIpc) is 3.32. The molecule has 1 N–H and O–H groups in total. The Morgan fingerprint density at radius 3 is 2.52 bits per heavy atom. The fourth-order valence-corrected chi connectivity index (χ4v) is 4.84. The standard InChI is InChI=1S/C25H26N2O3S/c1-17-9-11-18(12-10-17)24(22-8-5-13-31-22)26-23(28)16-27-15-20-7-4-3-6-19(20)14-21(27)25(29)30-2/h3-13,21,24H,14-16H2,1-2H3,(H,26,28). The Labute approximate surface area is 186 Å². The van der Waals surface area contributed by atoms with Gasteiger partial charge in [-0.1, -0.05) is 60.2 Å². The first-order chi connectivity index (χ1) is 15.0. The molecule has 6 heteroatoms. The number of esters is 1. The number of rotatable bonds is 6. The van der Waals surface area contributed by atoms with Crippen LogP contribution in [0.4, 0.5) is 0 Å². The van der Waals surface area contributed by atoms with Crippen molar-refractivity contribution in [2.45, 2.75) is 32.0 Å². The van der Waals surface area contributed by atoms with Crippen LogP contribution in [0.1, 0.15) is 33.2 Å². The number of hydrogen-bond acceptors (Lipinski definition) is 5. The molecule has 0 aliphatic carbocycles. The van der Waals surface area contributed by atoms with Crippen LogP contribution >= 0.6 is 11.3 Å². The van der Waals surface area contributed by atoms with Gasteiger partial charge in [-0.15, -0.1) is 11.3 Å². The molecule has 0 bridgehead atoms. The van der Waals surface area contributed by atoms with Gasteiger partial charge in [-0.3, -0.25) is 14.5 Å². The number of thiophene rings is 1. The number of nitrogens with one attached hydrogen (secondary N) is 1. The summed E-state index contributed by atoms with van der Waals surface area (Å²) in [7, 11) is 1.39. The third kappa shape index (κ3) is 4.86. The second-order valence-electron chi connectivity index (χ2n) is 7.84. The fourth-order valence-electron chi connectivity index (χ4n) is 4.04. The molecule has 2 aromatic carbocycles. The second kappa shape index (κ2) is 9.45. The lowest BCUT2D eigenvalue weighted by molar-refractivity contribution is -0.148. The smallest absolute Gasteiger partial charge is 0.323 e. The van der Waals surface area contributed by atoms with E-state index in [1.165, 1.54) is 12.7 Å². The highest BCUT2D eigenvalue weighted by atomic mass is 32.1. The minimum Gasteiger partial charge on any atom is -0.468 e. The van der Waals surface area contributed by atoms with Crippen LogP contribution in [0.2, 0.25) is 0 Å². The molecule has 160 valence electrons. The molecule has 0 spiro atoms. The van der Waals surface area contributed by atoms with Crippen molar-refractivity contribution in [2.24, 2.45) is 0 Å². The van der Waals surface area contributed by atoms with Gasteiger partial charge in [0.15, 0.2) is 0 Å². The van der Waals surface area contributed by atoms with Gasteiger partial charge in [-0.2, -0.15) is 0 Å². The van der Waals surface area contributed by atoms with E-state index in [2.05, 4.69) is 23.5 Å². The van der Waals surface area contributed by atoms with Crippen LogP contribution in [0.15, 0.2) is 66.0 Å². The van der Waals surface area contributed by atoms with E-state index in [0.29, 0.717) is 13.0 Å². The summed E-state index contributed by atoms with van der Waals surface area (Å²) >= 11 is 1.62. The predicted molar refractivity (Wildman–Crippen MR) is 122 cm³/mol. The Morgan fingerprint density at radius 1 is 1.10 bits per heavy atom. The number of methoxy groups -OCH3 is 1. The summed E-state index contributed by atoms with van der Waals surface area (Å²) in [6.45, 7) is 2.71. The lowest BCUT2D eigenvalue weighted by atomic mass is 9.94. The van der Waals surface area contributed by atoms with Gasteiger partial charge in [0.05, 0.1) is 19.7 Å². The molecule has 2 unspecified atom stereocenters. The highest BCUT2D eigenvalue weighted by Gasteiger charge is 2.33. The topological polar surface area (TPSA) is 58.6 Å². The highest BCUT2D eigenvalue weighted by Crippen LogP contribution is 2.27. The Bertz CT molecular complexity index is 1050. The molecule has 1 amide bonds. The molecular formula is C25H26N2O3S. The summed E-state index contributed by atoms with van der Waals surface area (Å²) in [4.78, 5) is 28.5. The normalized spacial score (nSPS) is 16.9. The van der Waals surface area contributed by atoms with Gasteiger partial charge in [0.25, 0.3) is 0 Å². The van der Waals surface area contributed by atoms with E-state index in [1.54, 1.807) is 11.3 Å². The van der Waals surface area contributed by atoms with E-state index in [1.807, 2.05) is 59.7 Å². The van der Waals surface area contributed by atoms with Crippen molar-refractivity contribution in [1.82, 2.24) is 10.2 Å². The van der Waals surface area contributed by atoms with Crippen molar-refractivity contribution in [1.29, 1.82) is 0 Å². The maximum atomic E-state index is 13.1. The second-order valence-corrected chi connectivity index (χ2v) is 8.82. The number of nitrogens with zero attached hydrogens (tertiary/aromatic N) is 1. The maximum Gasteiger partial charge on any atom is 0.323 e. The van der Waals surface area contributed by atoms with Gasteiger partial charge in [-0.05, 0) is 41.5 Å². The summed E-state index contributed by atoms with van der Waals surface area (Å²) in [5.74, 6) is -0.428. The number of amides is 1. The first-order valence-electron chi connectivity index (χ1n) is 10.3. The van der Waals surface area contributed by atoms with Crippen molar-refractivity contribution >= 4 is 23.2 Å². The lowest BCUT2D eigenvalue weighted by Crippen LogP contribution is -2.50. The largest absolute Gasteiger partial charge is 0.468 e. The molecule has 0 saturated carbocycles. The van der Waals surface area contributed by atoms with E-state index >= 15 is 0 Å². The van der Waals surface area contributed by atoms with Crippen LogP contribution in [0, 0.1) is 6.92 Å². The minimum atomic E-state index is -0.467. The van der Waals surface area contributed by atoms with Gasteiger partial charge in [0.2, 0.25) is 5.91 Å². The zero-order valence-electron chi connectivity index (χ0n) is 17.7. The van der Waals surface area contributed by atoms with Crippen molar-refractivity contribution < 1.29 is 14.3 Å². The van der Waals surface area contributed by atoms with E-state index in [4.69, 9.17) is 4.74 Å². The quantitative estimate of drug-likeness (QED) is 0.599. The molecular weight excluding hydrogens is 408 g/mol. The third-order valence-electron chi connectivity index (χ3n) is 5.71. The van der Waals surface area contributed by atoms with Crippen LogP contribution in [-0.4, -0.2) is 36.5 Å². The molecule has 1 aliphatic rings. The van der Waals surface area contributed by atoms with Crippen LogP contribution in [0.5, 0.6) is 0 Å². The Hall–Kier alpha value is -2.96. The molecule has 0 fully saturated rings. The Morgan fingerprint density at radius 2 is 1.84 bits per heavy atom. The molecule has 1 aliphatic heterocycles. The molecule has 2 atom stereocenters. The molecule has 31 heavy (non-hydrogen) atoms. The molecule has 3 aromatic rings. The summed E-state index contributed by atoms with van der Waals surface area (Å²) in [5.41, 5.74) is 4.48. The monoisotopic (exact) mass is 434 g/mol. The zero-order chi connectivity index (χ0) is 21.8. The average molecular weight is 435 g/mol. The first-order valence-corrected chi connectivity index (χ1v) is 11.2. The first kappa shape index (κ1) is 21.3. The Balaban J connectivity index is 1.53. The fraction of sp³-hybridized carbons (Fsp3) is 0.280. The number of hydrogen-bond donors (Lipinski definition) is 1. The Kier molecular flexibility index (Phi) is 6.49. The highest BCUT2D eigenvalue weighted by molar-refractivity contribution is 7.10. The van der Waals surface area contributed by atoms with Crippen molar-refractivity contribution in [3.8, 4) is 0 Å². The molecule has 0 saturated heterocycles. The summed E-state index contributed by atoms with van der Waals surface area (Å²) in [6.07, 6.45) is 0.544. The van der Waals surface area contributed by atoms with E-state index < -0.39 is 6.04 Å². The van der Waals surface area contributed by atoms with Crippen LogP contribution < -0.4 is 5.32 Å². The number of ether oxygens (including phenoxy) is 1. The van der Waals surface area contributed by atoms with Gasteiger partial charge in [0.1, 0.15) is 6.04 Å². The van der Waals surface area contributed by atoms with Gasteiger partial charge in [-0.25, -0.2) is 0 Å². The van der Waals surface area contributed by atoms with Crippen molar-refractivity contribution in [3.05, 3.63) is 93.2 Å². The molecule has 1 aromatic heterocycles. The minimum absolute atomic E-state index is 0.118. The van der Waals surface area contributed by atoms with Crippen molar-refractivity contribution in [3.63, 3.8) is 0 Å². The number of benzene rings is 2. The van der Waals surface area contributed by atoms with E-state index in [0.717, 1.165) is 21.6 Å². The summed E-state index contributed by atoms with van der Waals surface area (Å²) in [6, 6.07) is 19.6. The number of carbonyl (C=O) groups is 2. The molecule has 0 radical (unpaired) electrons. The van der Waals surface area contributed by atoms with Crippen molar-refractivity contribution in [2.75, 3.05) is 13.7 Å². The number of fused-ring (bicyclic) bond motifs is 1. The number of aryl methyl sites for hydroxylation is 1. The van der Waals surface area contributed by atoms with E-state index in [-0.39, 0.29) is 24.5 Å². The third-order valence-corrected chi connectivity index (χ3v) is 6.65.